The van der Waals surface area contributed by atoms with E-state index in [0.717, 1.165) is 0 Å². The molecular weight excluding hydrogens is 552 g/mol. The van der Waals surface area contributed by atoms with E-state index in [1.165, 1.54) is 0 Å². The molecule has 0 spiro atoms. The molecule has 0 saturated carbocycles. The van der Waals surface area contributed by atoms with Crippen LogP contribution in [0.4, 0.5) is 0 Å². The molecule has 1 aromatic heterocycles. The summed E-state index contributed by atoms with van der Waals surface area (Å²) in [5, 5.41) is 19.9. The van der Waals surface area contributed by atoms with Crippen molar-refractivity contribution in [3.63, 3.8) is 0 Å². The molecule has 0 bridgehead atoms. The Balaban J connectivity index is 1.71. The Morgan fingerprint density at radius 2 is 1.42 bits per heavy atom. The van der Waals surface area contributed by atoms with Gasteiger partial charge in [-0.2, -0.15) is 0 Å². The zero-order valence-electron chi connectivity index (χ0n) is 25.3. The van der Waals surface area contributed by atoms with Gasteiger partial charge in [0.05, 0.1) is 31.0 Å². The van der Waals surface area contributed by atoms with Gasteiger partial charge in [0.25, 0.3) is 5.79 Å². The lowest BCUT2D eigenvalue weighted by Crippen LogP contribution is -2.29. The molecule has 0 amide bonds. The fourth-order valence-electron chi connectivity index (χ4n) is 5.00. The van der Waals surface area contributed by atoms with Gasteiger partial charge in [-0.1, -0.05) is 6.07 Å². The van der Waals surface area contributed by atoms with Crippen LogP contribution in [0.1, 0.15) is 58.2 Å². The minimum Gasteiger partial charge on any atom is -0.497 e. The number of hydrogen-bond donors (Lipinski definition) is 1. The minimum atomic E-state index is -2.07. The van der Waals surface area contributed by atoms with Crippen LogP contribution >= 0.6 is 0 Å². The molecule has 0 saturated heterocycles. The molecule has 1 atom stereocenters. The first kappa shape index (κ1) is 29.9. The number of carbonyl (C=O) groups excluding carboxylic acids is 1. The molecule has 0 fully saturated rings. The third-order valence-corrected chi connectivity index (χ3v) is 6.72. The molecule has 0 radical (unpaired) electrons. The van der Waals surface area contributed by atoms with Crippen LogP contribution in [-0.4, -0.2) is 46.8 Å². The molecule has 3 aromatic carbocycles. The van der Waals surface area contributed by atoms with Gasteiger partial charge in [-0.05, 0) is 112 Å². The molecule has 2 heterocycles. The number of nitrogens with zero attached hydrogens (tertiary/aromatic N) is 2. The molecule has 1 unspecified atom stereocenters. The zero-order valence-corrected chi connectivity index (χ0v) is 25.3. The van der Waals surface area contributed by atoms with Crippen molar-refractivity contribution in [1.29, 1.82) is 0 Å². The number of benzene rings is 3. The van der Waals surface area contributed by atoms with Crippen molar-refractivity contribution in [2.24, 2.45) is 0 Å². The van der Waals surface area contributed by atoms with Crippen LogP contribution in [0.2, 0.25) is 0 Å². The quantitative estimate of drug-likeness (QED) is 0.209. The van der Waals surface area contributed by atoms with Gasteiger partial charge in [-0.25, -0.2) is 9.42 Å². The Hall–Kier alpha value is -4.57. The summed E-state index contributed by atoms with van der Waals surface area (Å²) in [7, 11) is 1.55. The fraction of sp³-hybridized carbons (Fsp3) is 0.364. The van der Waals surface area contributed by atoms with E-state index < -0.39 is 11.8 Å². The van der Waals surface area contributed by atoms with Crippen LogP contribution in [0.5, 0.6) is 23.0 Å². The van der Waals surface area contributed by atoms with Crippen LogP contribution in [0, 0.1) is 0 Å². The largest absolute Gasteiger partial charge is 0.497 e. The number of aromatic nitrogens is 2. The lowest BCUT2D eigenvalue weighted by atomic mass is 9.87. The van der Waals surface area contributed by atoms with E-state index in [-0.39, 0.29) is 30.3 Å². The molecule has 4 aromatic rings. The number of aliphatic hydroxyl groups is 1. The fourth-order valence-corrected chi connectivity index (χ4v) is 5.00. The number of rotatable bonds is 11. The molecule has 226 valence electrons. The topological polar surface area (TPSA) is 122 Å². The van der Waals surface area contributed by atoms with Crippen molar-refractivity contribution in [3.05, 3.63) is 76.9 Å². The number of methoxy groups -OCH3 is 1. The van der Waals surface area contributed by atoms with Gasteiger partial charge in [0.15, 0.2) is 11.5 Å². The second kappa shape index (κ2) is 12.0. The molecule has 1 aliphatic rings. The summed E-state index contributed by atoms with van der Waals surface area (Å²) >= 11 is 0. The maximum absolute atomic E-state index is 13.6. The summed E-state index contributed by atoms with van der Waals surface area (Å²) in [6, 6.07) is 15.5. The first-order valence-electron chi connectivity index (χ1n) is 14.2. The lowest BCUT2D eigenvalue weighted by Gasteiger charge is -2.27. The molecule has 1 aliphatic heterocycles. The van der Waals surface area contributed by atoms with Crippen molar-refractivity contribution >= 4 is 22.6 Å². The maximum atomic E-state index is 13.6. The number of fused-ring (bicyclic) bond motifs is 1. The van der Waals surface area contributed by atoms with Crippen molar-refractivity contribution in [1.82, 2.24) is 10.3 Å². The molecular formula is C33H36N2O8. The normalized spacial score (nSPS) is 16.9. The third-order valence-electron chi connectivity index (χ3n) is 6.72. The Morgan fingerprint density at radius 3 is 2.00 bits per heavy atom. The molecule has 5 rings (SSSR count). The van der Waals surface area contributed by atoms with E-state index in [2.05, 4.69) is 10.3 Å². The maximum Gasteiger partial charge on any atom is 0.342 e. The van der Waals surface area contributed by atoms with Crippen molar-refractivity contribution in [2.45, 2.75) is 72.1 Å². The summed E-state index contributed by atoms with van der Waals surface area (Å²) in [6.45, 7) is 11.6. The van der Waals surface area contributed by atoms with Gasteiger partial charge < -0.3 is 28.8 Å². The predicted octanol–water partition coefficient (Wildman–Crippen LogP) is 5.99. The zero-order chi connectivity index (χ0) is 30.9. The summed E-state index contributed by atoms with van der Waals surface area (Å²) in [6.07, 6.45) is -0.321. The van der Waals surface area contributed by atoms with Gasteiger partial charge in [-0.15, -0.1) is 0 Å². The second-order valence-electron chi connectivity index (χ2n) is 11.2. The summed E-state index contributed by atoms with van der Waals surface area (Å²) in [5.41, 5.74) is 3.13. The Morgan fingerprint density at radius 1 is 0.814 bits per heavy atom. The number of ether oxygens (including phenoxy) is 5. The van der Waals surface area contributed by atoms with Crippen molar-refractivity contribution in [2.75, 3.05) is 7.11 Å². The van der Waals surface area contributed by atoms with Crippen molar-refractivity contribution in [3.8, 4) is 23.0 Å². The standard InChI is InChI=1S/C33H36N2O8/c1-18(2)39-28-15-21(16-29(40-19(3)4)31(28)41-20(5)6)14-25-30(22-8-13-26-27(17-22)35-43-34-26)32(36)42-33(25,37)23-9-11-24(38-7)12-10-23/h8-13,15-20,37H,14H2,1-7H3. The van der Waals surface area contributed by atoms with Crippen LogP contribution in [0.15, 0.2) is 64.8 Å². The van der Waals surface area contributed by atoms with E-state index in [1.807, 2.05) is 53.7 Å². The Labute approximate surface area is 250 Å². The van der Waals surface area contributed by atoms with E-state index >= 15 is 0 Å². The van der Waals surface area contributed by atoms with Crippen LogP contribution < -0.4 is 18.9 Å². The number of carbonyl (C=O) groups is 1. The molecule has 43 heavy (non-hydrogen) atoms. The first-order chi connectivity index (χ1) is 20.5. The summed E-state index contributed by atoms with van der Waals surface area (Å²) in [5.74, 6) is -0.677. The molecule has 10 nitrogen and oxygen atoms in total. The van der Waals surface area contributed by atoms with Crippen molar-refractivity contribution < 1.29 is 38.2 Å². The van der Waals surface area contributed by atoms with Gasteiger partial charge in [-0.3, -0.25) is 0 Å². The SMILES string of the molecule is COc1ccc(C2(O)OC(=O)C(c3ccc4nonc4c3)=C2Cc2cc(OC(C)C)c(OC(C)C)c(OC(C)C)c2)cc1. The second-order valence-corrected chi connectivity index (χ2v) is 11.2. The number of esters is 1. The monoisotopic (exact) mass is 588 g/mol. The highest BCUT2D eigenvalue weighted by Gasteiger charge is 2.48. The number of cyclic esters (lactones) is 1. The summed E-state index contributed by atoms with van der Waals surface area (Å²) in [4.78, 5) is 13.6. The average molecular weight is 589 g/mol. The first-order valence-corrected chi connectivity index (χ1v) is 14.2. The highest BCUT2D eigenvalue weighted by atomic mass is 16.7. The van der Waals surface area contributed by atoms with E-state index in [1.54, 1.807) is 49.6 Å². The molecule has 1 N–H and O–H groups in total. The average Bonchev–Trinajstić information content (AvgIpc) is 3.51. The van der Waals surface area contributed by atoms with E-state index in [4.69, 9.17) is 28.3 Å². The van der Waals surface area contributed by atoms with Crippen LogP contribution in [0.25, 0.3) is 16.6 Å². The van der Waals surface area contributed by atoms with Crippen LogP contribution in [-0.2, 0) is 21.7 Å². The Kier molecular flexibility index (Phi) is 8.32. The third kappa shape index (κ3) is 6.15. The van der Waals surface area contributed by atoms with Crippen LogP contribution in [0.3, 0.4) is 0 Å². The summed E-state index contributed by atoms with van der Waals surface area (Å²) < 4.78 is 34.5. The molecule has 0 aliphatic carbocycles. The van der Waals surface area contributed by atoms with E-state index in [9.17, 15) is 9.90 Å². The highest BCUT2D eigenvalue weighted by Crippen LogP contribution is 2.47. The minimum absolute atomic E-state index is 0.115. The Bertz CT molecular complexity index is 1620. The van der Waals surface area contributed by atoms with Gasteiger partial charge in [0.1, 0.15) is 16.8 Å². The van der Waals surface area contributed by atoms with Gasteiger partial charge in [0.2, 0.25) is 5.75 Å². The van der Waals surface area contributed by atoms with Gasteiger partial charge >= 0.3 is 5.97 Å². The molecule has 10 heteroatoms. The van der Waals surface area contributed by atoms with E-state index in [0.29, 0.717) is 56.3 Å². The smallest absolute Gasteiger partial charge is 0.342 e. The lowest BCUT2D eigenvalue weighted by molar-refractivity contribution is -0.185. The van der Waals surface area contributed by atoms with Gasteiger partial charge in [0, 0.05) is 17.6 Å². The predicted molar refractivity (Wildman–Crippen MR) is 159 cm³/mol. The number of hydrogen-bond acceptors (Lipinski definition) is 10. The highest BCUT2D eigenvalue weighted by molar-refractivity contribution is 6.20.